The summed E-state index contributed by atoms with van der Waals surface area (Å²) < 4.78 is 11.8. The fraction of sp³-hybridized carbons (Fsp3) is 0.500. The minimum Gasteiger partial charge on any atom is -0.491 e. The van der Waals surface area contributed by atoms with Crippen molar-refractivity contribution in [2.75, 3.05) is 26.4 Å². The van der Waals surface area contributed by atoms with Gasteiger partial charge in [0, 0.05) is 3.57 Å². The van der Waals surface area contributed by atoms with Crippen molar-refractivity contribution < 1.29 is 19.7 Å². The lowest BCUT2D eigenvalue weighted by molar-refractivity contribution is -0.00142. The summed E-state index contributed by atoms with van der Waals surface area (Å²) in [6.45, 7) is 2.67. The fourth-order valence-corrected chi connectivity index (χ4v) is 1.90. The van der Waals surface area contributed by atoms with Crippen LogP contribution < -0.4 is 4.74 Å². The molecule has 17 heavy (non-hydrogen) atoms. The van der Waals surface area contributed by atoms with E-state index in [0.29, 0.717) is 13.2 Å². The Hall–Kier alpha value is -0.370. The van der Waals surface area contributed by atoms with E-state index in [1.807, 2.05) is 25.1 Å². The van der Waals surface area contributed by atoms with E-state index < -0.39 is 6.10 Å². The molecule has 0 saturated carbocycles. The number of aryl methyl sites for hydroxylation is 1. The smallest absolute Gasteiger partial charge is 0.122 e. The second-order valence-corrected chi connectivity index (χ2v) is 4.92. The predicted octanol–water partition coefficient (Wildman–Crippen LogP) is 1.35. The molecule has 1 unspecified atom stereocenters. The lowest BCUT2D eigenvalue weighted by Crippen LogP contribution is -2.21. The third-order valence-corrected chi connectivity index (χ3v) is 2.81. The van der Waals surface area contributed by atoms with Gasteiger partial charge in [-0.2, -0.15) is 0 Å². The van der Waals surface area contributed by atoms with E-state index in [4.69, 9.17) is 19.7 Å². The Morgan fingerprint density at radius 3 is 2.76 bits per heavy atom. The molecule has 0 amide bonds. The molecular weight excluding hydrogens is 335 g/mol. The van der Waals surface area contributed by atoms with E-state index in [1.165, 1.54) is 3.57 Å². The first-order chi connectivity index (χ1) is 8.13. The highest BCUT2D eigenvalue weighted by molar-refractivity contribution is 14.1. The maximum absolute atomic E-state index is 9.03. The average molecular weight is 352 g/mol. The zero-order valence-corrected chi connectivity index (χ0v) is 11.9. The highest BCUT2D eigenvalue weighted by Gasteiger charge is 2.02. The monoisotopic (exact) mass is 352 g/mol. The first-order valence-electron chi connectivity index (χ1n) is 5.39. The third-order valence-electron chi connectivity index (χ3n) is 2.14. The zero-order chi connectivity index (χ0) is 12.7. The standard InChI is InChI=1S/C12H17IO4/c1-9-6-10(13)2-3-12(9)17-5-4-16-8-11(15)7-14/h2-3,6,11,14-15H,4-5,7-8H2,1H3. The van der Waals surface area contributed by atoms with Gasteiger partial charge >= 0.3 is 0 Å². The van der Waals surface area contributed by atoms with Crippen LogP contribution in [0.2, 0.25) is 0 Å². The van der Waals surface area contributed by atoms with Crippen LogP contribution in [-0.2, 0) is 4.74 Å². The maximum Gasteiger partial charge on any atom is 0.122 e. The largest absolute Gasteiger partial charge is 0.491 e. The molecule has 1 rings (SSSR count). The van der Waals surface area contributed by atoms with Crippen LogP contribution in [-0.4, -0.2) is 42.7 Å². The normalized spacial score (nSPS) is 12.5. The molecule has 0 fully saturated rings. The molecule has 0 aromatic heterocycles. The summed E-state index contributed by atoms with van der Waals surface area (Å²) in [5, 5.41) is 17.6. The van der Waals surface area contributed by atoms with Crippen LogP contribution in [0, 0.1) is 10.5 Å². The van der Waals surface area contributed by atoms with Gasteiger partial charge in [0.2, 0.25) is 0 Å². The molecule has 0 aliphatic heterocycles. The van der Waals surface area contributed by atoms with Crippen LogP contribution in [0.15, 0.2) is 18.2 Å². The highest BCUT2D eigenvalue weighted by atomic mass is 127. The Kier molecular flexibility index (Phi) is 6.79. The summed E-state index contributed by atoms with van der Waals surface area (Å²) in [5.74, 6) is 0.844. The summed E-state index contributed by atoms with van der Waals surface area (Å²) in [6.07, 6.45) is -0.810. The molecule has 0 spiro atoms. The SMILES string of the molecule is Cc1cc(I)ccc1OCCOCC(O)CO. The van der Waals surface area contributed by atoms with Crippen molar-refractivity contribution in [1.29, 1.82) is 0 Å². The van der Waals surface area contributed by atoms with Crippen molar-refractivity contribution in [2.45, 2.75) is 13.0 Å². The van der Waals surface area contributed by atoms with Crippen LogP contribution in [0.1, 0.15) is 5.56 Å². The summed E-state index contributed by atoms with van der Waals surface area (Å²) in [7, 11) is 0. The van der Waals surface area contributed by atoms with Gasteiger partial charge in [0.15, 0.2) is 0 Å². The Morgan fingerprint density at radius 2 is 2.12 bits per heavy atom. The van der Waals surface area contributed by atoms with Crippen molar-refractivity contribution in [3.8, 4) is 5.75 Å². The predicted molar refractivity (Wildman–Crippen MR) is 73.3 cm³/mol. The van der Waals surface area contributed by atoms with Gasteiger partial charge in [-0.3, -0.25) is 0 Å². The quantitative estimate of drug-likeness (QED) is 0.575. The van der Waals surface area contributed by atoms with Crippen molar-refractivity contribution in [2.24, 2.45) is 0 Å². The number of halogens is 1. The van der Waals surface area contributed by atoms with Gasteiger partial charge in [-0.05, 0) is 53.3 Å². The number of hydrogen-bond acceptors (Lipinski definition) is 4. The first-order valence-corrected chi connectivity index (χ1v) is 6.47. The first kappa shape index (κ1) is 14.7. The molecule has 0 bridgehead atoms. The topological polar surface area (TPSA) is 58.9 Å². The number of ether oxygens (including phenoxy) is 2. The van der Waals surface area contributed by atoms with Crippen molar-refractivity contribution in [3.05, 3.63) is 27.3 Å². The summed E-state index contributed by atoms with van der Waals surface area (Å²) >= 11 is 2.25. The molecule has 0 saturated heterocycles. The van der Waals surface area contributed by atoms with Crippen molar-refractivity contribution >= 4 is 22.6 Å². The molecule has 5 heteroatoms. The molecule has 4 nitrogen and oxygen atoms in total. The Bertz CT molecular complexity index is 343. The van der Waals surface area contributed by atoms with Crippen LogP contribution in [0.25, 0.3) is 0 Å². The molecule has 0 heterocycles. The Balaban J connectivity index is 2.22. The lowest BCUT2D eigenvalue weighted by Gasteiger charge is -2.11. The Morgan fingerprint density at radius 1 is 1.35 bits per heavy atom. The van der Waals surface area contributed by atoms with Gasteiger partial charge in [0.1, 0.15) is 18.5 Å². The van der Waals surface area contributed by atoms with Gasteiger partial charge in [-0.25, -0.2) is 0 Å². The van der Waals surface area contributed by atoms with Crippen LogP contribution >= 0.6 is 22.6 Å². The third kappa shape index (κ3) is 5.67. The summed E-state index contributed by atoms with van der Waals surface area (Å²) in [6, 6.07) is 5.96. The van der Waals surface area contributed by atoms with Gasteiger partial charge in [0.25, 0.3) is 0 Å². The molecule has 0 aliphatic rings. The van der Waals surface area contributed by atoms with E-state index >= 15 is 0 Å². The van der Waals surface area contributed by atoms with Crippen LogP contribution in [0.5, 0.6) is 5.75 Å². The number of hydrogen-bond donors (Lipinski definition) is 2. The van der Waals surface area contributed by atoms with E-state index in [-0.39, 0.29) is 13.2 Å². The van der Waals surface area contributed by atoms with Gasteiger partial charge in [0.05, 0.1) is 19.8 Å². The zero-order valence-electron chi connectivity index (χ0n) is 9.73. The van der Waals surface area contributed by atoms with E-state index in [2.05, 4.69) is 22.6 Å². The minimum absolute atomic E-state index is 0.130. The molecular formula is C12H17IO4. The average Bonchev–Trinajstić information content (AvgIpc) is 2.30. The molecule has 1 atom stereocenters. The highest BCUT2D eigenvalue weighted by Crippen LogP contribution is 2.19. The molecule has 0 aliphatic carbocycles. The molecule has 2 N–H and O–H groups in total. The van der Waals surface area contributed by atoms with E-state index in [1.54, 1.807) is 0 Å². The number of benzene rings is 1. The van der Waals surface area contributed by atoms with E-state index in [0.717, 1.165) is 11.3 Å². The van der Waals surface area contributed by atoms with Crippen molar-refractivity contribution in [3.63, 3.8) is 0 Å². The molecule has 1 aromatic rings. The summed E-state index contributed by atoms with van der Waals surface area (Å²) in [4.78, 5) is 0. The summed E-state index contributed by atoms with van der Waals surface area (Å²) in [5.41, 5.74) is 1.09. The van der Waals surface area contributed by atoms with Gasteiger partial charge in [-0.15, -0.1) is 0 Å². The molecule has 1 aromatic carbocycles. The molecule has 0 radical (unpaired) electrons. The number of aliphatic hydroxyl groups is 2. The van der Waals surface area contributed by atoms with E-state index in [9.17, 15) is 0 Å². The van der Waals surface area contributed by atoms with Gasteiger partial charge < -0.3 is 19.7 Å². The fourth-order valence-electron chi connectivity index (χ4n) is 1.26. The Labute approximate surface area is 115 Å². The van der Waals surface area contributed by atoms with Crippen molar-refractivity contribution in [1.82, 2.24) is 0 Å². The number of rotatable bonds is 7. The number of aliphatic hydroxyl groups excluding tert-OH is 2. The lowest BCUT2D eigenvalue weighted by atomic mass is 10.2. The van der Waals surface area contributed by atoms with Crippen LogP contribution in [0.4, 0.5) is 0 Å². The van der Waals surface area contributed by atoms with Gasteiger partial charge in [-0.1, -0.05) is 0 Å². The van der Waals surface area contributed by atoms with Crippen LogP contribution in [0.3, 0.4) is 0 Å². The second-order valence-electron chi connectivity index (χ2n) is 3.67. The second kappa shape index (κ2) is 7.86. The minimum atomic E-state index is -0.810. The molecule has 96 valence electrons. The maximum atomic E-state index is 9.03.